The summed E-state index contributed by atoms with van der Waals surface area (Å²) in [4.78, 5) is -0.193. The summed E-state index contributed by atoms with van der Waals surface area (Å²) in [5, 5.41) is 8.55. The first kappa shape index (κ1) is 15.9. The van der Waals surface area contributed by atoms with Crippen molar-refractivity contribution in [2.24, 2.45) is 0 Å². The summed E-state index contributed by atoms with van der Waals surface area (Å²) < 4.78 is 47.7. The monoisotopic (exact) mass is 322 g/mol. The third kappa shape index (κ3) is 4.80. The molecule has 19 heavy (non-hydrogen) atoms. The van der Waals surface area contributed by atoms with Crippen LogP contribution in [0.2, 0.25) is 5.02 Å². The molecule has 0 unspecified atom stereocenters. The van der Waals surface area contributed by atoms with E-state index in [0.717, 1.165) is 6.26 Å². The van der Waals surface area contributed by atoms with Gasteiger partial charge in [-0.15, -0.1) is 0 Å². The van der Waals surface area contributed by atoms with Crippen LogP contribution in [0.3, 0.4) is 0 Å². The summed E-state index contributed by atoms with van der Waals surface area (Å²) in [6.07, 6.45) is 1.01. The van der Waals surface area contributed by atoms with Crippen molar-refractivity contribution in [3.63, 3.8) is 0 Å². The van der Waals surface area contributed by atoms with Crippen molar-refractivity contribution >= 4 is 31.5 Å². The van der Waals surface area contributed by atoms with E-state index in [2.05, 4.69) is 4.72 Å². The van der Waals surface area contributed by atoms with Gasteiger partial charge in [0.15, 0.2) is 0 Å². The highest BCUT2D eigenvalue weighted by Gasteiger charge is 2.18. The molecule has 0 spiro atoms. The zero-order valence-electron chi connectivity index (χ0n) is 9.92. The minimum atomic E-state index is -3.89. The Labute approximate surface area is 117 Å². The van der Waals surface area contributed by atoms with Gasteiger partial charge in [-0.1, -0.05) is 11.6 Å². The minimum absolute atomic E-state index is 0.0918. The van der Waals surface area contributed by atoms with Crippen LogP contribution in [0, 0.1) is 11.3 Å². The first-order valence-electron chi connectivity index (χ1n) is 5.03. The Balaban J connectivity index is 2.93. The van der Waals surface area contributed by atoms with Crippen LogP contribution in [-0.4, -0.2) is 35.4 Å². The predicted octanol–water partition coefficient (Wildman–Crippen LogP) is 0.535. The second kappa shape index (κ2) is 5.88. The van der Waals surface area contributed by atoms with Crippen LogP contribution < -0.4 is 4.72 Å². The molecule has 0 heterocycles. The Kier molecular flexibility index (Phi) is 4.92. The standard InChI is InChI=1S/C10H11ClN2O4S2/c1-18(14,15)5-4-13-19(16,17)10-3-2-8(7-12)6-9(10)11/h2-3,6,13H,4-5H2,1H3. The highest BCUT2D eigenvalue weighted by atomic mass is 35.5. The van der Waals surface area contributed by atoms with E-state index in [-0.39, 0.29) is 27.8 Å². The van der Waals surface area contributed by atoms with Crippen molar-refractivity contribution in [1.29, 1.82) is 5.26 Å². The van der Waals surface area contributed by atoms with Crippen LogP contribution in [0.5, 0.6) is 0 Å². The highest BCUT2D eigenvalue weighted by Crippen LogP contribution is 2.22. The molecule has 0 saturated carbocycles. The summed E-state index contributed by atoms with van der Waals surface area (Å²) in [6.45, 7) is -0.239. The summed E-state index contributed by atoms with van der Waals surface area (Å²) in [5.41, 5.74) is 0.236. The summed E-state index contributed by atoms with van der Waals surface area (Å²) >= 11 is 5.77. The lowest BCUT2D eigenvalue weighted by Gasteiger charge is -2.07. The number of hydrogen-bond donors (Lipinski definition) is 1. The maximum Gasteiger partial charge on any atom is 0.242 e. The minimum Gasteiger partial charge on any atom is -0.229 e. The van der Waals surface area contributed by atoms with Crippen LogP contribution in [0.15, 0.2) is 23.1 Å². The normalized spacial score (nSPS) is 12.1. The summed E-state index contributed by atoms with van der Waals surface area (Å²) in [5.74, 6) is -0.305. The van der Waals surface area contributed by atoms with Gasteiger partial charge in [-0.25, -0.2) is 21.6 Å². The number of nitrogens with one attached hydrogen (secondary N) is 1. The molecule has 0 aliphatic heterocycles. The van der Waals surface area contributed by atoms with Crippen molar-refractivity contribution in [1.82, 2.24) is 4.72 Å². The summed E-state index contributed by atoms with van der Waals surface area (Å²) in [7, 11) is -7.15. The van der Waals surface area contributed by atoms with Crippen molar-refractivity contribution in [2.75, 3.05) is 18.6 Å². The molecule has 1 N–H and O–H groups in total. The zero-order chi connectivity index (χ0) is 14.7. The molecule has 0 amide bonds. The quantitative estimate of drug-likeness (QED) is 0.851. The van der Waals surface area contributed by atoms with Crippen molar-refractivity contribution in [2.45, 2.75) is 4.90 Å². The van der Waals surface area contributed by atoms with Crippen LogP contribution in [0.25, 0.3) is 0 Å². The molecule has 1 aromatic rings. The van der Waals surface area contributed by atoms with Gasteiger partial charge < -0.3 is 0 Å². The van der Waals surface area contributed by atoms with Gasteiger partial charge in [0.2, 0.25) is 10.0 Å². The third-order valence-electron chi connectivity index (χ3n) is 2.12. The molecule has 0 aromatic heterocycles. The predicted molar refractivity (Wildman–Crippen MR) is 71.1 cm³/mol. The number of hydrogen-bond acceptors (Lipinski definition) is 5. The molecule has 0 atom stereocenters. The highest BCUT2D eigenvalue weighted by molar-refractivity contribution is 7.91. The fourth-order valence-corrected chi connectivity index (χ4v) is 3.40. The summed E-state index contributed by atoms with van der Waals surface area (Å²) in [6, 6.07) is 5.57. The fraction of sp³-hybridized carbons (Fsp3) is 0.300. The van der Waals surface area contributed by atoms with E-state index in [1.807, 2.05) is 6.07 Å². The van der Waals surface area contributed by atoms with Crippen LogP contribution in [0.1, 0.15) is 5.56 Å². The van der Waals surface area contributed by atoms with Gasteiger partial charge in [0.05, 0.1) is 22.4 Å². The first-order valence-corrected chi connectivity index (χ1v) is 8.95. The van der Waals surface area contributed by atoms with Crippen molar-refractivity contribution in [3.05, 3.63) is 28.8 Å². The SMILES string of the molecule is CS(=O)(=O)CCNS(=O)(=O)c1ccc(C#N)cc1Cl. The Morgan fingerprint density at radius 2 is 1.95 bits per heavy atom. The number of halogens is 1. The number of nitrogens with zero attached hydrogens (tertiary/aromatic N) is 1. The molecule has 1 rings (SSSR count). The Morgan fingerprint density at radius 1 is 1.32 bits per heavy atom. The smallest absolute Gasteiger partial charge is 0.229 e. The average molecular weight is 323 g/mol. The molecule has 0 bridgehead atoms. The van der Waals surface area contributed by atoms with Gasteiger partial charge in [-0.05, 0) is 18.2 Å². The largest absolute Gasteiger partial charge is 0.242 e. The van der Waals surface area contributed by atoms with Crippen LogP contribution >= 0.6 is 11.6 Å². The number of nitriles is 1. The molecule has 0 fully saturated rings. The van der Waals surface area contributed by atoms with E-state index in [1.54, 1.807) is 0 Å². The Morgan fingerprint density at radius 3 is 2.42 bits per heavy atom. The lowest BCUT2D eigenvalue weighted by Crippen LogP contribution is -2.29. The maximum absolute atomic E-state index is 11.9. The molecule has 0 radical (unpaired) electrons. The van der Waals surface area contributed by atoms with E-state index < -0.39 is 19.9 Å². The second-order valence-electron chi connectivity index (χ2n) is 3.78. The molecule has 6 nitrogen and oxygen atoms in total. The Hall–Kier alpha value is -1.14. The van der Waals surface area contributed by atoms with E-state index in [4.69, 9.17) is 16.9 Å². The van der Waals surface area contributed by atoms with Gasteiger partial charge in [0.1, 0.15) is 14.7 Å². The lowest BCUT2D eigenvalue weighted by atomic mass is 10.2. The van der Waals surface area contributed by atoms with Gasteiger partial charge in [-0.2, -0.15) is 5.26 Å². The molecule has 104 valence electrons. The maximum atomic E-state index is 11.9. The molecule has 0 aliphatic carbocycles. The lowest BCUT2D eigenvalue weighted by molar-refractivity contribution is 0.582. The molecule has 0 aliphatic rings. The van der Waals surface area contributed by atoms with Gasteiger partial charge >= 0.3 is 0 Å². The molecule has 9 heteroatoms. The van der Waals surface area contributed by atoms with Crippen LogP contribution in [-0.2, 0) is 19.9 Å². The van der Waals surface area contributed by atoms with E-state index in [0.29, 0.717) is 0 Å². The molecular weight excluding hydrogens is 312 g/mol. The Bertz CT molecular complexity index is 720. The first-order chi connectivity index (χ1) is 8.65. The molecule has 0 saturated heterocycles. The van der Waals surface area contributed by atoms with Gasteiger partial charge in [0.25, 0.3) is 0 Å². The average Bonchev–Trinajstić information content (AvgIpc) is 2.26. The van der Waals surface area contributed by atoms with Crippen molar-refractivity contribution < 1.29 is 16.8 Å². The number of benzene rings is 1. The van der Waals surface area contributed by atoms with Crippen molar-refractivity contribution in [3.8, 4) is 6.07 Å². The number of rotatable bonds is 5. The number of sulfonamides is 1. The number of sulfone groups is 1. The van der Waals surface area contributed by atoms with E-state index in [1.165, 1.54) is 18.2 Å². The van der Waals surface area contributed by atoms with E-state index in [9.17, 15) is 16.8 Å². The fourth-order valence-electron chi connectivity index (χ4n) is 1.23. The van der Waals surface area contributed by atoms with Crippen LogP contribution in [0.4, 0.5) is 0 Å². The second-order valence-corrected chi connectivity index (χ2v) is 8.19. The van der Waals surface area contributed by atoms with E-state index >= 15 is 0 Å². The topological polar surface area (TPSA) is 104 Å². The zero-order valence-corrected chi connectivity index (χ0v) is 12.3. The molecular formula is C10H11ClN2O4S2. The van der Waals surface area contributed by atoms with Gasteiger partial charge in [-0.3, -0.25) is 0 Å². The van der Waals surface area contributed by atoms with Gasteiger partial charge in [0, 0.05) is 12.8 Å². The molecule has 1 aromatic carbocycles. The third-order valence-corrected chi connectivity index (χ3v) is 5.01.